The lowest BCUT2D eigenvalue weighted by Crippen LogP contribution is -2.14. The van der Waals surface area contributed by atoms with Gasteiger partial charge in [0.15, 0.2) is 11.0 Å². The van der Waals surface area contributed by atoms with Gasteiger partial charge in [0.1, 0.15) is 0 Å². The van der Waals surface area contributed by atoms with Crippen molar-refractivity contribution in [2.24, 2.45) is 0 Å². The summed E-state index contributed by atoms with van der Waals surface area (Å²) in [5, 5.41) is 12.1. The van der Waals surface area contributed by atoms with Gasteiger partial charge in [-0.1, -0.05) is 17.8 Å². The number of nitrogens with one attached hydrogen (secondary N) is 1. The molecule has 0 unspecified atom stereocenters. The zero-order chi connectivity index (χ0) is 17.6. The van der Waals surface area contributed by atoms with Crippen molar-refractivity contribution in [1.82, 2.24) is 19.7 Å². The second-order valence-electron chi connectivity index (χ2n) is 5.13. The number of rotatable bonds is 6. The highest BCUT2D eigenvalue weighted by atomic mass is 127. The number of anilines is 1. The van der Waals surface area contributed by atoms with Gasteiger partial charge in [0, 0.05) is 33.8 Å². The molecule has 0 bridgehead atoms. The maximum Gasteiger partial charge on any atom is 0.234 e. The van der Waals surface area contributed by atoms with Crippen LogP contribution in [0.3, 0.4) is 0 Å². The first kappa shape index (κ1) is 17.9. The molecule has 0 aliphatic carbocycles. The lowest BCUT2D eigenvalue weighted by atomic mass is 10.2. The van der Waals surface area contributed by atoms with Crippen LogP contribution >= 0.6 is 34.4 Å². The molecule has 1 N–H and O–H groups in total. The summed E-state index contributed by atoms with van der Waals surface area (Å²) in [5.41, 5.74) is 1.76. The minimum Gasteiger partial charge on any atom is -0.325 e. The van der Waals surface area contributed by atoms with E-state index in [1.165, 1.54) is 11.8 Å². The number of nitrogens with zero attached hydrogens (tertiary/aromatic N) is 4. The molecule has 25 heavy (non-hydrogen) atoms. The Labute approximate surface area is 163 Å². The quantitative estimate of drug-likeness (QED) is 0.444. The fourth-order valence-corrected chi connectivity index (χ4v) is 3.63. The zero-order valence-electron chi connectivity index (χ0n) is 13.5. The zero-order valence-corrected chi connectivity index (χ0v) is 16.5. The van der Waals surface area contributed by atoms with Crippen LogP contribution in [0.5, 0.6) is 0 Å². The van der Waals surface area contributed by atoms with Crippen LogP contribution in [0.2, 0.25) is 0 Å². The Kier molecular flexibility index (Phi) is 6.03. The average molecular weight is 465 g/mol. The van der Waals surface area contributed by atoms with Crippen LogP contribution in [0.1, 0.15) is 6.92 Å². The number of hydrogen-bond acceptors (Lipinski definition) is 5. The second kappa shape index (κ2) is 8.43. The number of benzene rings is 1. The molecule has 0 atom stereocenters. The van der Waals surface area contributed by atoms with Gasteiger partial charge in [-0.15, -0.1) is 10.2 Å². The third-order valence-electron chi connectivity index (χ3n) is 3.41. The van der Waals surface area contributed by atoms with Crippen molar-refractivity contribution in [3.63, 3.8) is 0 Å². The molecule has 128 valence electrons. The molecule has 0 aliphatic rings. The van der Waals surface area contributed by atoms with E-state index in [1.54, 1.807) is 12.4 Å². The van der Waals surface area contributed by atoms with Crippen molar-refractivity contribution >= 4 is 45.9 Å². The van der Waals surface area contributed by atoms with Crippen molar-refractivity contribution in [3.05, 3.63) is 52.4 Å². The molecule has 0 saturated carbocycles. The first-order valence-corrected chi connectivity index (χ1v) is 9.75. The normalized spacial score (nSPS) is 10.6. The number of pyridine rings is 1. The number of halogens is 1. The lowest BCUT2D eigenvalue weighted by molar-refractivity contribution is -0.113. The molecule has 0 fully saturated rings. The highest BCUT2D eigenvalue weighted by Crippen LogP contribution is 2.23. The van der Waals surface area contributed by atoms with Crippen LogP contribution in [0.15, 0.2) is 53.9 Å². The van der Waals surface area contributed by atoms with E-state index in [2.05, 4.69) is 43.1 Å². The Hall–Kier alpha value is -1.94. The standard InChI is InChI=1S/C17H16IN5OS/c1-2-23-16(12-6-8-19-9-7-12)21-22-17(23)25-11-15(24)20-14-5-3-4-13(18)10-14/h3-10H,2,11H2,1H3,(H,20,24). The number of thioether (sulfide) groups is 1. The monoisotopic (exact) mass is 465 g/mol. The topological polar surface area (TPSA) is 72.7 Å². The van der Waals surface area contributed by atoms with Gasteiger partial charge in [0.2, 0.25) is 5.91 Å². The van der Waals surface area contributed by atoms with Crippen LogP contribution in [0.25, 0.3) is 11.4 Å². The summed E-state index contributed by atoms with van der Waals surface area (Å²) < 4.78 is 3.08. The Morgan fingerprint density at radius 1 is 1.24 bits per heavy atom. The molecule has 0 saturated heterocycles. The predicted molar refractivity (Wildman–Crippen MR) is 107 cm³/mol. The van der Waals surface area contributed by atoms with Gasteiger partial charge in [-0.3, -0.25) is 9.78 Å². The van der Waals surface area contributed by atoms with E-state index >= 15 is 0 Å². The first-order chi connectivity index (χ1) is 12.2. The summed E-state index contributed by atoms with van der Waals surface area (Å²) in [6.45, 7) is 2.76. The highest BCUT2D eigenvalue weighted by Gasteiger charge is 2.14. The van der Waals surface area contributed by atoms with Gasteiger partial charge < -0.3 is 9.88 Å². The molecule has 3 aromatic rings. The van der Waals surface area contributed by atoms with E-state index in [1.807, 2.05) is 47.9 Å². The van der Waals surface area contributed by atoms with Crippen LogP contribution in [0, 0.1) is 3.57 Å². The minimum absolute atomic E-state index is 0.0666. The molecular formula is C17H16IN5OS. The number of hydrogen-bond donors (Lipinski definition) is 1. The van der Waals surface area contributed by atoms with Crippen molar-refractivity contribution in [2.45, 2.75) is 18.6 Å². The summed E-state index contributed by atoms with van der Waals surface area (Å²) in [6, 6.07) is 11.5. The van der Waals surface area contributed by atoms with Gasteiger partial charge in [-0.05, 0) is 59.8 Å². The Morgan fingerprint density at radius 3 is 2.76 bits per heavy atom. The van der Waals surface area contributed by atoms with Gasteiger partial charge in [-0.2, -0.15) is 0 Å². The number of carbonyl (C=O) groups excluding carboxylic acids is 1. The summed E-state index contributed by atoms with van der Waals surface area (Å²) in [6.07, 6.45) is 3.46. The Morgan fingerprint density at radius 2 is 2.04 bits per heavy atom. The smallest absolute Gasteiger partial charge is 0.234 e. The molecule has 8 heteroatoms. The van der Waals surface area contributed by atoms with Crippen LogP contribution in [-0.4, -0.2) is 31.4 Å². The van der Waals surface area contributed by atoms with Gasteiger partial charge in [0.05, 0.1) is 5.75 Å². The highest BCUT2D eigenvalue weighted by molar-refractivity contribution is 14.1. The van der Waals surface area contributed by atoms with E-state index < -0.39 is 0 Å². The summed E-state index contributed by atoms with van der Waals surface area (Å²) >= 11 is 3.60. The van der Waals surface area contributed by atoms with Crippen LogP contribution < -0.4 is 5.32 Å². The Bertz CT molecular complexity index is 868. The molecule has 0 aliphatic heterocycles. The van der Waals surface area contributed by atoms with E-state index in [0.717, 1.165) is 32.3 Å². The molecule has 6 nitrogen and oxygen atoms in total. The molecule has 2 aromatic heterocycles. The van der Waals surface area contributed by atoms with E-state index in [0.29, 0.717) is 0 Å². The molecule has 0 spiro atoms. The van der Waals surface area contributed by atoms with E-state index in [-0.39, 0.29) is 11.7 Å². The van der Waals surface area contributed by atoms with Crippen LogP contribution in [0.4, 0.5) is 5.69 Å². The minimum atomic E-state index is -0.0666. The predicted octanol–water partition coefficient (Wildman–Crippen LogP) is 3.70. The van der Waals surface area contributed by atoms with Gasteiger partial charge >= 0.3 is 0 Å². The molecule has 2 heterocycles. The first-order valence-electron chi connectivity index (χ1n) is 7.69. The molecule has 3 rings (SSSR count). The summed E-state index contributed by atoms with van der Waals surface area (Å²) in [7, 11) is 0. The van der Waals surface area contributed by atoms with Crippen molar-refractivity contribution < 1.29 is 4.79 Å². The third-order valence-corrected chi connectivity index (χ3v) is 5.05. The fraction of sp³-hybridized carbons (Fsp3) is 0.176. The summed E-state index contributed by atoms with van der Waals surface area (Å²) in [5.74, 6) is 0.994. The number of amides is 1. The van der Waals surface area contributed by atoms with Gasteiger partial charge in [-0.25, -0.2) is 0 Å². The maximum absolute atomic E-state index is 12.2. The molecular weight excluding hydrogens is 449 g/mol. The largest absolute Gasteiger partial charge is 0.325 e. The van der Waals surface area contributed by atoms with Gasteiger partial charge in [0.25, 0.3) is 0 Å². The van der Waals surface area contributed by atoms with E-state index in [4.69, 9.17) is 0 Å². The van der Waals surface area contributed by atoms with Crippen molar-refractivity contribution in [1.29, 1.82) is 0 Å². The lowest BCUT2D eigenvalue weighted by Gasteiger charge is -2.08. The van der Waals surface area contributed by atoms with Crippen molar-refractivity contribution in [2.75, 3.05) is 11.1 Å². The molecule has 1 aromatic carbocycles. The molecule has 0 radical (unpaired) electrons. The SMILES string of the molecule is CCn1c(SCC(=O)Nc2cccc(I)c2)nnc1-c1ccncc1. The Balaban J connectivity index is 1.67. The summed E-state index contributed by atoms with van der Waals surface area (Å²) in [4.78, 5) is 16.2. The fourth-order valence-electron chi connectivity index (χ4n) is 2.29. The van der Waals surface area contributed by atoms with E-state index in [9.17, 15) is 4.79 Å². The second-order valence-corrected chi connectivity index (χ2v) is 7.32. The average Bonchev–Trinajstić information content (AvgIpc) is 3.03. The maximum atomic E-state index is 12.2. The number of aromatic nitrogens is 4. The number of carbonyl (C=O) groups is 1. The third kappa shape index (κ3) is 4.57. The van der Waals surface area contributed by atoms with Crippen LogP contribution in [-0.2, 0) is 11.3 Å². The van der Waals surface area contributed by atoms with Crippen molar-refractivity contribution in [3.8, 4) is 11.4 Å². The molecule has 1 amide bonds.